The van der Waals surface area contributed by atoms with E-state index >= 15 is 0 Å². The number of anilines is 1. The molecule has 0 aliphatic heterocycles. The lowest BCUT2D eigenvalue weighted by atomic mass is 9.85. The third kappa shape index (κ3) is 2.12. The fourth-order valence-electron chi connectivity index (χ4n) is 1.65. The zero-order chi connectivity index (χ0) is 10.8. The Balaban J connectivity index is 2.03. The van der Waals surface area contributed by atoms with Crippen LogP contribution < -0.4 is 5.32 Å². The van der Waals surface area contributed by atoms with Crippen molar-refractivity contribution < 1.29 is 9.90 Å². The van der Waals surface area contributed by atoms with Gasteiger partial charge in [-0.2, -0.15) is 0 Å². The molecule has 15 heavy (non-hydrogen) atoms. The van der Waals surface area contributed by atoms with Gasteiger partial charge >= 0.3 is 0 Å². The third-order valence-corrected chi connectivity index (χ3v) is 2.94. The first kappa shape index (κ1) is 10.0. The van der Waals surface area contributed by atoms with Gasteiger partial charge in [-0.25, -0.2) is 0 Å². The minimum atomic E-state index is 0.103. The molecule has 3 heteroatoms. The molecule has 0 spiro atoms. The molecule has 0 heterocycles. The molecule has 0 aromatic heterocycles. The summed E-state index contributed by atoms with van der Waals surface area (Å²) in [4.78, 5) is 11.6. The molecule has 0 bridgehead atoms. The molecular formula is C12H15NO2. The lowest BCUT2D eigenvalue weighted by Gasteiger charge is -2.24. The summed E-state index contributed by atoms with van der Waals surface area (Å²) in [6, 6.07) is 5.11. The molecule has 0 radical (unpaired) electrons. The number of hydrogen-bond donors (Lipinski definition) is 2. The molecule has 1 aromatic rings. The van der Waals surface area contributed by atoms with E-state index in [1.165, 1.54) is 0 Å². The van der Waals surface area contributed by atoms with E-state index in [9.17, 15) is 9.90 Å². The molecule has 1 amide bonds. The fraction of sp³-hybridized carbons (Fsp3) is 0.417. The predicted octanol–water partition coefficient (Wildman–Crippen LogP) is 2.44. The number of aromatic hydroxyl groups is 1. The number of carbonyl (C=O) groups is 1. The predicted molar refractivity (Wildman–Crippen MR) is 58.8 cm³/mol. The van der Waals surface area contributed by atoms with Crippen LogP contribution in [0.25, 0.3) is 0 Å². The van der Waals surface area contributed by atoms with Gasteiger partial charge in [-0.3, -0.25) is 4.79 Å². The van der Waals surface area contributed by atoms with E-state index in [2.05, 4.69) is 5.32 Å². The Labute approximate surface area is 89.1 Å². The highest BCUT2D eigenvalue weighted by Crippen LogP contribution is 2.28. The van der Waals surface area contributed by atoms with Gasteiger partial charge in [0.05, 0.1) is 0 Å². The molecule has 0 saturated heterocycles. The smallest absolute Gasteiger partial charge is 0.227 e. The van der Waals surface area contributed by atoms with Crippen molar-refractivity contribution in [3.05, 3.63) is 23.8 Å². The summed E-state index contributed by atoms with van der Waals surface area (Å²) in [7, 11) is 0. The highest BCUT2D eigenvalue weighted by Gasteiger charge is 2.25. The third-order valence-electron chi connectivity index (χ3n) is 2.94. The van der Waals surface area contributed by atoms with Crippen LogP contribution in [0.15, 0.2) is 18.2 Å². The second-order valence-electron chi connectivity index (χ2n) is 4.12. The molecule has 1 aliphatic carbocycles. The molecule has 1 aliphatic rings. The molecule has 0 atom stereocenters. The SMILES string of the molecule is Cc1cc(NC(=O)C2CCC2)ccc1O. The van der Waals surface area contributed by atoms with Gasteiger partial charge in [0.1, 0.15) is 5.75 Å². The van der Waals surface area contributed by atoms with E-state index in [4.69, 9.17) is 0 Å². The van der Waals surface area contributed by atoms with Crippen molar-refractivity contribution in [3.63, 3.8) is 0 Å². The van der Waals surface area contributed by atoms with Crippen LogP contribution in [0.1, 0.15) is 24.8 Å². The second kappa shape index (κ2) is 3.93. The lowest BCUT2D eigenvalue weighted by molar-refractivity contribution is -0.122. The number of phenols is 1. The summed E-state index contributed by atoms with van der Waals surface area (Å²) >= 11 is 0. The second-order valence-corrected chi connectivity index (χ2v) is 4.12. The van der Waals surface area contributed by atoms with Gasteiger partial charge in [-0.1, -0.05) is 6.42 Å². The Kier molecular flexibility index (Phi) is 2.62. The first-order valence-electron chi connectivity index (χ1n) is 5.27. The highest BCUT2D eigenvalue weighted by atomic mass is 16.3. The topological polar surface area (TPSA) is 49.3 Å². The molecule has 3 nitrogen and oxygen atoms in total. The zero-order valence-corrected chi connectivity index (χ0v) is 8.79. The minimum Gasteiger partial charge on any atom is -0.508 e. The summed E-state index contributed by atoms with van der Waals surface area (Å²) in [6.45, 7) is 1.81. The largest absolute Gasteiger partial charge is 0.508 e. The summed E-state index contributed by atoms with van der Waals surface area (Å²) < 4.78 is 0. The average molecular weight is 205 g/mol. The Bertz CT molecular complexity index is 383. The van der Waals surface area contributed by atoms with Crippen LogP contribution in [0.2, 0.25) is 0 Å². The molecule has 1 aromatic carbocycles. The number of carbonyl (C=O) groups excluding carboxylic acids is 1. The van der Waals surface area contributed by atoms with Crippen LogP contribution >= 0.6 is 0 Å². The number of amides is 1. The van der Waals surface area contributed by atoms with Crippen LogP contribution in [0.5, 0.6) is 5.75 Å². The summed E-state index contributed by atoms with van der Waals surface area (Å²) in [6.07, 6.45) is 3.17. The molecule has 0 unspecified atom stereocenters. The number of phenolic OH excluding ortho intramolecular Hbond substituents is 1. The molecule has 2 rings (SSSR count). The van der Waals surface area contributed by atoms with Gasteiger partial charge in [0.2, 0.25) is 5.91 Å². The maximum absolute atomic E-state index is 11.6. The monoisotopic (exact) mass is 205 g/mol. The maximum atomic E-state index is 11.6. The van der Waals surface area contributed by atoms with Gasteiger partial charge in [0, 0.05) is 11.6 Å². The fourth-order valence-corrected chi connectivity index (χ4v) is 1.65. The van der Waals surface area contributed by atoms with Gasteiger partial charge in [0.15, 0.2) is 0 Å². The summed E-state index contributed by atoms with van der Waals surface area (Å²) in [5, 5.41) is 12.2. The van der Waals surface area contributed by atoms with Crippen molar-refractivity contribution in [1.29, 1.82) is 0 Å². The first-order chi connectivity index (χ1) is 7.16. The maximum Gasteiger partial charge on any atom is 0.227 e. The number of rotatable bonds is 2. The molecule has 1 fully saturated rings. The van der Waals surface area contributed by atoms with Crippen molar-refractivity contribution in [2.24, 2.45) is 5.92 Å². The van der Waals surface area contributed by atoms with E-state index in [0.717, 1.165) is 30.5 Å². The minimum absolute atomic E-state index is 0.103. The normalized spacial score (nSPS) is 15.8. The van der Waals surface area contributed by atoms with Crippen molar-refractivity contribution >= 4 is 11.6 Å². The van der Waals surface area contributed by atoms with Crippen LogP contribution in [0.4, 0.5) is 5.69 Å². The number of benzene rings is 1. The van der Waals surface area contributed by atoms with Crippen molar-refractivity contribution in [2.45, 2.75) is 26.2 Å². The van der Waals surface area contributed by atoms with Crippen LogP contribution in [0, 0.1) is 12.8 Å². The van der Waals surface area contributed by atoms with E-state index in [1.807, 2.05) is 6.92 Å². The number of nitrogens with one attached hydrogen (secondary N) is 1. The Hall–Kier alpha value is -1.51. The molecule has 80 valence electrons. The van der Waals surface area contributed by atoms with Crippen LogP contribution in [-0.2, 0) is 4.79 Å². The van der Waals surface area contributed by atoms with Gasteiger partial charge < -0.3 is 10.4 Å². The highest BCUT2D eigenvalue weighted by molar-refractivity contribution is 5.93. The van der Waals surface area contributed by atoms with Crippen LogP contribution in [-0.4, -0.2) is 11.0 Å². The summed E-state index contributed by atoms with van der Waals surface area (Å²) in [5.41, 5.74) is 1.55. The van der Waals surface area contributed by atoms with Gasteiger partial charge in [-0.15, -0.1) is 0 Å². The first-order valence-corrected chi connectivity index (χ1v) is 5.27. The summed E-state index contributed by atoms with van der Waals surface area (Å²) in [5.74, 6) is 0.557. The Morgan fingerprint density at radius 2 is 2.20 bits per heavy atom. The number of hydrogen-bond acceptors (Lipinski definition) is 2. The van der Waals surface area contributed by atoms with E-state index < -0.39 is 0 Å². The average Bonchev–Trinajstić information content (AvgIpc) is 2.08. The zero-order valence-electron chi connectivity index (χ0n) is 8.79. The van der Waals surface area contributed by atoms with Crippen molar-refractivity contribution in [3.8, 4) is 5.75 Å². The standard InChI is InChI=1S/C12H15NO2/c1-8-7-10(5-6-11(8)14)13-12(15)9-3-2-4-9/h5-7,9,14H,2-4H2,1H3,(H,13,15). The van der Waals surface area contributed by atoms with Crippen molar-refractivity contribution in [2.75, 3.05) is 5.32 Å². The van der Waals surface area contributed by atoms with E-state index in [1.54, 1.807) is 18.2 Å². The quantitative estimate of drug-likeness (QED) is 0.728. The van der Waals surface area contributed by atoms with Gasteiger partial charge in [0.25, 0.3) is 0 Å². The molecule has 2 N–H and O–H groups in total. The van der Waals surface area contributed by atoms with Gasteiger partial charge in [-0.05, 0) is 43.5 Å². The Morgan fingerprint density at radius 3 is 2.73 bits per heavy atom. The number of aryl methyl sites for hydroxylation is 1. The van der Waals surface area contributed by atoms with Crippen LogP contribution in [0.3, 0.4) is 0 Å². The molecule has 1 saturated carbocycles. The van der Waals surface area contributed by atoms with E-state index in [0.29, 0.717) is 0 Å². The lowest BCUT2D eigenvalue weighted by Crippen LogP contribution is -2.27. The van der Waals surface area contributed by atoms with E-state index in [-0.39, 0.29) is 17.6 Å². The Morgan fingerprint density at radius 1 is 1.47 bits per heavy atom. The van der Waals surface area contributed by atoms with Crippen molar-refractivity contribution in [1.82, 2.24) is 0 Å². The molecular weight excluding hydrogens is 190 g/mol.